The van der Waals surface area contributed by atoms with Crippen molar-refractivity contribution in [2.24, 2.45) is 11.1 Å². The van der Waals surface area contributed by atoms with Crippen LogP contribution in [0.5, 0.6) is 11.5 Å². The molecule has 0 heterocycles. The molecule has 0 spiro atoms. The van der Waals surface area contributed by atoms with Crippen molar-refractivity contribution in [2.75, 3.05) is 13.7 Å². The van der Waals surface area contributed by atoms with Gasteiger partial charge < -0.3 is 15.2 Å². The van der Waals surface area contributed by atoms with Gasteiger partial charge in [-0.3, -0.25) is 0 Å². The Morgan fingerprint density at radius 3 is 2.71 bits per heavy atom. The lowest BCUT2D eigenvalue weighted by molar-refractivity contribution is 0.226. The third-order valence-corrected chi connectivity index (χ3v) is 4.20. The molecule has 1 aromatic carbocycles. The van der Waals surface area contributed by atoms with Gasteiger partial charge in [0.2, 0.25) is 0 Å². The average Bonchev–Trinajstić information content (AvgIpc) is 3.25. The molecule has 4 heteroatoms. The highest BCUT2D eigenvalue weighted by Gasteiger charge is 2.43. The lowest BCUT2D eigenvalue weighted by Gasteiger charge is -2.17. The highest BCUT2D eigenvalue weighted by Crippen LogP contribution is 2.49. The molecule has 0 amide bonds. The number of benzene rings is 1. The zero-order chi connectivity index (χ0) is 15.3. The number of nitriles is 1. The number of hydrogen-bond acceptors (Lipinski definition) is 4. The second-order valence-corrected chi connectivity index (χ2v) is 5.98. The van der Waals surface area contributed by atoms with Crippen LogP contribution in [0.1, 0.15) is 38.2 Å². The third-order valence-electron chi connectivity index (χ3n) is 4.20. The van der Waals surface area contributed by atoms with Crippen molar-refractivity contribution in [2.45, 2.75) is 45.1 Å². The number of hydrogen-bond donors (Lipinski definition) is 1. The standard InChI is InChI=1S/C17H24N2O2/c1-3-14(19)10-13-4-5-15(20-2)16(11-13)21-12-17(6-7-17)8-9-18/h4-5,11,14H,3,6-8,10,12,19H2,1-2H3. The molecule has 2 rings (SSSR count). The fourth-order valence-corrected chi connectivity index (χ4v) is 2.36. The maximum Gasteiger partial charge on any atom is 0.161 e. The predicted octanol–water partition coefficient (Wildman–Crippen LogP) is 3.05. The minimum Gasteiger partial charge on any atom is -0.493 e. The van der Waals surface area contributed by atoms with Crippen LogP contribution in [0.15, 0.2) is 18.2 Å². The first kappa shape index (κ1) is 15.7. The molecule has 21 heavy (non-hydrogen) atoms. The lowest BCUT2D eigenvalue weighted by atomic mass is 10.0. The molecule has 4 nitrogen and oxygen atoms in total. The topological polar surface area (TPSA) is 68.3 Å². The second kappa shape index (κ2) is 6.82. The van der Waals surface area contributed by atoms with Crippen molar-refractivity contribution in [3.8, 4) is 17.6 Å². The third kappa shape index (κ3) is 4.12. The van der Waals surface area contributed by atoms with E-state index in [1.807, 2.05) is 18.2 Å². The minimum absolute atomic E-state index is 0.0651. The molecular weight excluding hydrogens is 264 g/mol. The van der Waals surface area contributed by atoms with Crippen LogP contribution in [-0.2, 0) is 6.42 Å². The van der Waals surface area contributed by atoms with Gasteiger partial charge in [-0.1, -0.05) is 13.0 Å². The molecule has 1 aliphatic carbocycles. The van der Waals surface area contributed by atoms with Gasteiger partial charge in [-0.05, 0) is 43.4 Å². The van der Waals surface area contributed by atoms with E-state index in [0.717, 1.165) is 42.7 Å². The maximum absolute atomic E-state index is 8.87. The van der Waals surface area contributed by atoms with E-state index in [1.165, 1.54) is 0 Å². The Kier molecular flexibility index (Phi) is 5.08. The molecule has 0 bridgehead atoms. The van der Waals surface area contributed by atoms with Crippen LogP contribution in [0.2, 0.25) is 0 Å². The second-order valence-electron chi connectivity index (χ2n) is 5.98. The van der Waals surface area contributed by atoms with Gasteiger partial charge in [0, 0.05) is 17.9 Å². The van der Waals surface area contributed by atoms with E-state index in [-0.39, 0.29) is 11.5 Å². The zero-order valence-corrected chi connectivity index (χ0v) is 12.9. The molecule has 1 saturated carbocycles. The fourth-order valence-electron chi connectivity index (χ4n) is 2.36. The average molecular weight is 288 g/mol. The summed E-state index contributed by atoms with van der Waals surface area (Å²) in [5.41, 5.74) is 7.23. The molecule has 0 aromatic heterocycles. The Labute approximate surface area is 126 Å². The van der Waals surface area contributed by atoms with Gasteiger partial charge in [-0.15, -0.1) is 0 Å². The summed E-state index contributed by atoms with van der Waals surface area (Å²) in [5.74, 6) is 1.49. The molecule has 2 N–H and O–H groups in total. The molecule has 0 aliphatic heterocycles. The van der Waals surface area contributed by atoms with Crippen molar-refractivity contribution >= 4 is 0 Å². The summed E-state index contributed by atoms with van der Waals surface area (Å²) < 4.78 is 11.3. The summed E-state index contributed by atoms with van der Waals surface area (Å²) >= 11 is 0. The molecule has 1 aliphatic rings. The first-order valence-electron chi connectivity index (χ1n) is 7.55. The highest BCUT2D eigenvalue weighted by molar-refractivity contribution is 5.43. The normalized spacial score (nSPS) is 16.9. The van der Waals surface area contributed by atoms with E-state index in [2.05, 4.69) is 13.0 Å². The van der Waals surface area contributed by atoms with E-state index < -0.39 is 0 Å². The van der Waals surface area contributed by atoms with Gasteiger partial charge in [0.15, 0.2) is 11.5 Å². The Morgan fingerprint density at radius 1 is 1.38 bits per heavy atom. The SMILES string of the molecule is CCC(N)Cc1ccc(OC)c(OCC2(CC#N)CC2)c1. The Balaban J connectivity index is 2.05. The van der Waals surface area contributed by atoms with Crippen LogP contribution >= 0.6 is 0 Å². The summed E-state index contributed by atoms with van der Waals surface area (Å²) in [4.78, 5) is 0. The van der Waals surface area contributed by atoms with Crippen LogP contribution in [0.3, 0.4) is 0 Å². The van der Waals surface area contributed by atoms with Crippen molar-refractivity contribution in [3.05, 3.63) is 23.8 Å². The Bertz CT molecular complexity index is 518. The van der Waals surface area contributed by atoms with E-state index >= 15 is 0 Å². The van der Waals surface area contributed by atoms with Gasteiger partial charge in [0.25, 0.3) is 0 Å². The largest absolute Gasteiger partial charge is 0.493 e. The van der Waals surface area contributed by atoms with Gasteiger partial charge in [-0.25, -0.2) is 0 Å². The van der Waals surface area contributed by atoms with E-state index in [9.17, 15) is 0 Å². The van der Waals surface area contributed by atoms with Gasteiger partial charge in [-0.2, -0.15) is 5.26 Å². The number of ether oxygens (including phenoxy) is 2. The van der Waals surface area contributed by atoms with Gasteiger partial charge in [0.05, 0.1) is 19.8 Å². The monoisotopic (exact) mass is 288 g/mol. The highest BCUT2D eigenvalue weighted by atomic mass is 16.5. The number of nitrogens with zero attached hydrogens (tertiary/aromatic N) is 1. The Morgan fingerprint density at radius 2 is 2.14 bits per heavy atom. The molecule has 0 radical (unpaired) electrons. The molecular formula is C17H24N2O2. The minimum atomic E-state index is 0.0651. The lowest BCUT2D eigenvalue weighted by Crippen LogP contribution is -2.21. The number of methoxy groups -OCH3 is 1. The number of nitrogens with two attached hydrogens (primary N) is 1. The van der Waals surface area contributed by atoms with Crippen molar-refractivity contribution in [3.63, 3.8) is 0 Å². The van der Waals surface area contributed by atoms with Crippen molar-refractivity contribution < 1.29 is 9.47 Å². The van der Waals surface area contributed by atoms with Crippen LogP contribution in [0.4, 0.5) is 0 Å². The van der Waals surface area contributed by atoms with Crippen molar-refractivity contribution in [1.29, 1.82) is 5.26 Å². The summed E-state index contributed by atoms with van der Waals surface area (Å²) in [7, 11) is 1.64. The summed E-state index contributed by atoms with van der Waals surface area (Å²) in [6, 6.07) is 8.39. The quantitative estimate of drug-likeness (QED) is 0.798. The molecule has 1 fully saturated rings. The number of rotatable bonds is 8. The fraction of sp³-hybridized carbons (Fsp3) is 0.588. The summed E-state index contributed by atoms with van der Waals surface area (Å²) in [5, 5.41) is 8.87. The van der Waals surface area contributed by atoms with E-state index in [4.69, 9.17) is 20.5 Å². The smallest absolute Gasteiger partial charge is 0.161 e. The maximum atomic E-state index is 8.87. The molecule has 1 aromatic rings. The molecule has 0 saturated heterocycles. The molecule has 1 unspecified atom stereocenters. The first-order valence-corrected chi connectivity index (χ1v) is 7.55. The van der Waals surface area contributed by atoms with Crippen LogP contribution < -0.4 is 15.2 Å². The van der Waals surface area contributed by atoms with Crippen LogP contribution in [-0.4, -0.2) is 19.8 Å². The summed E-state index contributed by atoms with van der Waals surface area (Å²) in [6.45, 7) is 2.67. The van der Waals surface area contributed by atoms with E-state index in [1.54, 1.807) is 7.11 Å². The molecule has 1 atom stereocenters. The predicted molar refractivity (Wildman–Crippen MR) is 82.4 cm³/mol. The summed E-state index contributed by atoms with van der Waals surface area (Å²) in [6.07, 6.45) is 4.50. The van der Waals surface area contributed by atoms with Crippen molar-refractivity contribution in [1.82, 2.24) is 0 Å². The van der Waals surface area contributed by atoms with Crippen LogP contribution in [0.25, 0.3) is 0 Å². The van der Waals surface area contributed by atoms with Crippen LogP contribution in [0, 0.1) is 16.7 Å². The first-order chi connectivity index (χ1) is 10.1. The Hall–Kier alpha value is -1.73. The zero-order valence-electron chi connectivity index (χ0n) is 12.9. The molecule has 114 valence electrons. The van der Waals surface area contributed by atoms with Gasteiger partial charge >= 0.3 is 0 Å². The van der Waals surface area contributed by atoms with E-state index in [0.29, 0.717) is 13.0 Å². The van der Waals surface area contributed by atoms with Gasteiger partial charge in [0.1, 0.15) is 0 Å².